The summed E-state index contributed by atoms with van der Waals surface area (Å²) in [5, 5.41) is 0.528. The summed E-state index contributed by atoms with van der Waals surface area (Å²) in [6.07, 6.45) is 7.20. The zero-order valence-electron chi connectivity index (χ0n) is 10.7. The number of hydrogen-bond donors (Lipinski definition) is 0. The fourth-order valence-electron chi connectivity index (χ4n) is 3.37. The molecule has 18 heavy (non-hydrogen) atoms. The lowest BCUT2D eigenvalue weighted by Crippen LogP contribution is -2.53. The predicted octanol–water partition coefficient (Wildman–Crippen LogP) is 2.05. The number of hydrogen-bond acceptors (Lipinski definition) is 4. The highest BCUT2D eigenvalue weighted by Gasteiger charge is 2.35. The molecule has 0 bridgehead atoms. The molecule has 0 amide bonds. The SMILES string of the molecule is CN1CCCC2CN(c3nccnc3Cl)CCC21. The van der Waals surface area contributed by atoms with E-state index in [1.807, 2.05) is 0 Å². The van der Waals surface area contributed by atoms with Gasteiger partial charge in [-0.15, -0.1) is 0 Å². The number of nitrogens with zero attached hydrogens (tertiary/aromatic N) is 4. The van der Waals surface area contributed by atoms with Crippen molar-refractivity contribution in [3.8, 4) is 0 Å². The van der Waals surface area contributed by atoms with Gasteiger partial charge in [0.15, 0.2) is 11.0 Å². The molecule has 2 fully saturated rings. The molecule has 3 heterocycles. The van der Waals surface area contributed by atoms with E-state index in [1.54, 1.807) is 12.4 Å². The fourth-order valence-corrected chi connectivity index (χ4v) is 3.60. The first-order valence-corrected chi connectivity index (χ1v) is 7.05. The van der Waals surface area contributed by atoms with Crippen LogP contribution in [0.2, 0.25) is 5.15 Å². The zero-order chi connectivity index (χ0) is 12.5. The lowest BCUT2D eigenvalue weighted by atomic mass is 9.84. The second kappa shape index (κ2) is 5.02. The number of halogens is 1. The first-order valence-electron chi connectivity index (χ1n) is 6.67. The maximum absolute atomic E-state index is 6.14. The van der Waals surface area contributed by atoms with Crippen LogP contribution in [0.3, 0.4) is 0 Å². The second-order valence-electron chi connectivity index (χ2n) is 5.36. The Balaban J connectivity index is 1.76. The van der Waals surface area contributed by atoms with E-state index in [4.69, 9.17) is 11.6 Å². The first kappa shape index (κ1) is 12.2. The zero-order valence-corrected chi connectivity index (χ0v) is 11.5. The molecule has 0 N–H and O–H groups in total. The van der Waals surface area contributed by atoms with Crippen molar-refractivity contribution >= 4 is 17.4 Å². The van der Waals surface area contributed by atoms with E-state index in [1.165, 1.54) is 25.8 Å². The van der Waals surface area contributed by atoms with Crippen molar-refractivity contribution in [3.05, 3.63) is 17.5 Å². The van der Waals surface area contributed by atoms with Gasteiger partial charge in [-0.25, -0.2) is 9.97 Å². The Hall–Kier alpha value is -0.870. The Labute approximate surface area is 113 Å². The molecule has 2 unspecified atom stereocenters. The molecule has 3 rings (SSSR count). The summed E-state index contributed by atoms with van der Waals surface area (Å²) in [6.45, 7) is 3.34. The summed E-state index contributed by atoms with van der Waals surface area (Å²) < 4.78 is 0. The van der Waals surface area contributed by atoms with Gasteiger partial charge in [-0.05, 0) is 38.8 Å². The molecule has 2 atom stereocenters. The summed E-state index contributed by atoms with van der Waals surface area (Å²) in [6, 6.07) is 0.741. The average molecular weight is 267 g/mol. The van der Waals surface area contributed by atoms with E-state index in [9.17, 15) is 0 Å². The smallest absolute Gasteiger partial charge is 0.171 e. The van der Waals surface area contributed by atoms with Crippen LogP contribution in [0.4, 0.5) is 5.82 Å². The number of piperidine rings is 2. The Morgan fingerprint density at radius 1 is 1.22 bits per heavy atom. The predicted molar refractivity (Wildman–Crippen MR) is 73.0 cm³/mol. The van der Waals surface area contributed by atoms with Gasteiger partial charge < -0.3 is 9.80 Å². The van der Waals surface area contributed by atoms with Gasteiger partial charge in [0, 0.05) is 31.5 Å². The Morgan fingerprint density at radius 2 is 2.06 bits per heavy atom. The van der Waals surface area contributed by atoms with Gasteiger partial charge in [-0.1, -0.05) is 11.6 Å². The monoisotopic (exact) mass is 266 g/mol. The third-order valence-corrected chi connectivity index (χ3v) is 4.55. The van der Waals surface area contributed by atoms with Crippen molar-refractivity contribution in [3.63, 3.8) is 0 Å². The van der Waals surface area contributed by atoms with E-state index < -0.39 is 0 Å². The van der Waals surface area contributed by atoms with Crippen LogP contribution < -0.4 is 4.90 Å². The van der Waals surface area contributed by atoms with E-state index in [-0.39, 0.29) is 0 Å². The summed E-state index contributed by atoms with van der Waals surface area (Å²) >= 11 is 6.14. The van der Waals surface area contributed by atoms with Gasteiger partial charge in [0.1, 0.15) is 0 Å². The third-order valence-electron chi connectivity index (χ3n) is 4.28. The molecule has 2 saturated heterocycles. The van der Waals surface area contributed by atoms with Crippen LogP contribution in [0.15, 0.2) is 12.4 Å². The van der Waals surface area contributed by atoms with Gasteiger partial charge in [-0.2, -0.15) is 0 Å². The van der Waals surface area contributed by atoms with E-state index >= 15 is 0 Å². The van der Waals surface area contributed by atoms with E-state index in [0.29, 0.717) is 5.15 Å². The fraction of sp³-hybridized carbons (Fsp3) is 0.692. The van der Waals surface area contributed by atoms with Crippen molar-refractivity contribution in [2.75, 3.05) is 31.6 Å². The summed E-state index contributed by atoms with van der Waals surface area (Å²) in [7, 11) is 2.25. The molecule has 4 nitrogen and oxygen atoms in total. The molecule has 2 aliphatic rings. The average Bonchev–Trinajstić information content (AvgIpc) is 2.39. The number of aromatic nitrogens is 2. The quantitative estimate of drug-likeness (QED) is 0.779. The van der Waals surface area contributed by atoms with Crippen LogP contribution in [0.25, 0.3) is 0 Å². The number of likely N-dealkylation sites (tertiary alicyclic amines) is 1. The summed E-state index contributed by atoms with van der Waals surface area (Å²) in [5.41, 5.74) is 0. The highest BCUT2D eigenvalue weighted by molar-refractivity contribution is 6.31. The molecule has 0 aromatic carbocycles. The van der Waals surface area contributed by atoms with Gasteiger partial charge >= 0.3 is 0 Å². The molecule has 2 aliphatic heterocycles. The van der Waals surface area contributed by atoms with Gasteiger partial charge in [0.2, 0.25) is 0 Å². The van der Waals surface area contributed by atoms with Gasteiger partial charge in [-0.3, -0.25) is 0 Å². The van der Waals surface area contributed by atoms with Crippen molar-refractivity contribution in [2.24, 2.45) is 5.92 Å². The van der Waals surface area contributed by atoms with E-state index in [2.05, 4.69) is 26.8 Å². The number of fused-ring (bicyclic) bond motifs is 1. The van der Waals surface area contributed by atoms with Crippen molar-refractivity contribution < 1.29 is 0 Å². The van der Waals surface area contributed by atoms with E-state index in [0.717, 1.165) is 30.9 Å². The van der Waals surface area contributed by atoms with Crippen LogP contribution in [0.5, 0.6) is 0 Å². The number of rotatable bonds is 1. The van der Waals surface area contributed by atoms with Crippen molar-refractivity contribution in [1.29, 1.82) is 0 Å². The molecule has 0 spiro atoms. The minimum atomic E-state index is 0.528. The van der Waals surface area contributed by atoms with Crippen LogP contribution in [0.1, 0.15) is 19.3 Å². The lowest BCUT2D eigenvalue weighted by molar-refractivity contribution is 0.102. The summed E-state index contributed by atoms with van der Waals surface area (Å²) in [5.74, 6) is 1.60. The standard InChI is InChI=1S/C13H19ClN4/c1-17-7-2-3-10-9-18(8-4-11(10)17)13-12(14)15-5-6-16-13/h5-6,10-11H,2-4,7-9H2,1H3. The van der Waals surface area contributed by atoms with Crippen molar-refractivity contribution in [1.82, 2.24) is 14.9 Å². The largest absolute Gasteiger partial charge is 0.354 e. The molecular formula is C13H19ClN4. The van der Waals surface area contributed by atoms with Crippen LogP contribution in [-0.2, 0) is 0 Å². The summed E-state index contributed by atoms with van der Waals surface area (Å²) in [4.78, 5) is 13.3. The van der Waals surface area contributed by atoms with Crippen LogP contribution in [0, 0.1) is 5.92 Å². The molecule has 98 valence electrons. The molecule has 0 saturated carbocycles. The topological polar surface area (TPSA) is 32.3 Å². The maximum atomic E-state index is 6.14. The molecular weight excluding hydrogens is 248 g/mol. The third kappa shape index (κ3) is 2.19. The number of anilines is 1. The van der Waals surface area contributed by atoms with Gasteiger partial charge in [0.25, 0.3) is 0 Å². The maximum Gasteiger partial charge on any atom is 0.171 e. The van der Waals surface area contributed by atoms with Crippen LogP contribution in [-0.4, -0.2) is 47.6 Å². The lowest BCUT2D eigenvalue weighted by Gasteiger charge is -2.46. The Bertz CT molecular complexity index is 425. The molecule has 0 radical (unpaired) electrons. The first-order chi connectivity index (χ1) is 8.75. The van der Waals surface area contributed by atoms with Crippen LogP contribution >= 0.6 is 11.6 Å². The minimum absolute atomic E-state index is 0.528. The van der Waals surface area contributed by atoms with Gasteiger partial charge in [0.05, 0.1) is 0 Å². The highest BCUT2D eigenvalue weighted by atomic mass is 35.5. The second-order valence-corrected chi connectivity index (χ2v) is 5.71. The normalized spacial score (nSPS) is 29.1. The Morgan fingerprint density at radius 3 is 2.89 bits per heavy atom. The Kier molecular flexibility index (Phi) is 3.39. The van der Waals surface area contributed by atoms with Crippen molar-refractivity contribution in [2.45, 2.75) is 25.3 Å². The molecule has 0 aliphatic carbocycles. The molecule has 1 aromatic rings. The minimum Gasteiger partial charge on any atom is -0.354 e. The highest BCUT2D eigenvalue weighted by Crippen LogP contribution is 2.32. The molecule has 5 heteroatoms. The molecule has 1 aromatic heterocycles.